The molecule has 140 valence electrons. The number of ether oxygens (including phenoxy) is 2. The van der Waals surface area contributed by atoms with E-state index >= 15 is 0 Å². The zero-order valence-electron chi connectivity index (χ0n) is 14.4. The lowest BCUT2D eigenvalue weighted by atomic mass is 10.0. The van der Waals surface area contributed by atoms with Crippen LogP contribution in [-0.4, -0.2) is 43.3 Å². The van der Waals surface area contributed by atoms with Crippen LogP contribution in [0.3, 0.4) is 0 Å². The first-order valence-electron chi connectivity index (χ1n) is 8.36. The van der Waals surface area contributed by atoms with E-state index < -0.39 is 10.9 Å². The summed E-state index contributed by atoms with van der Waals surface area (Å²) in [6.07, 6.45) is 2.61. The molecule has 0 aliphatic carbocycles. The third-order valence-electron chi connectivity index (χ3n) is 4.15. The lowest BCUT2D eigenvalue weighted by Crippen LogP contribution is -2.43. The van der Waals surface area contributed by atoms with Gasteiger partial charge < -0.3 is 14.4 Å². The van der Waals surface area contributed by atoms with E-state index in [9.17, 15) is 14.9 Å². The van der Waals surface area contributed by atoms with Crippen LogP contribution in [0.4, 0.5) is 11.4 Å². The summed E-state index contributed by atoms with van der Waals surface area (Å²) >= 11 is 6.09. The molecule has 1 unspecified atom stereocenters. The molecular formula is C17H20ClN3O5. The van der Waals surface area contributed by atoms with Gasteiger partial charge in [0.15, 0.2) is 0 Å². The quantitative estimate of drug-likeness (QED) is 0.406. The lowest BCUT2D eigenvalue weighted by molar-refractivity contribution is -0.384. The second-order valence-corrected chi connectivity index (χ2v) is 6.26. The fourth-order valence-electron chi connectivity index (χ4n) is 2.99. The number of rotatable bonds is 7. The van der Waals surface area contributed by atoms with Crippen molar-refractivity contribution in [1.82, 2.24) is 0 Å². The number of halogens is 1. The van der Waals surface area contributed by atoms with Crippen molar-refractivity contribution >= 4 is 28.9 Å². The van der Waals surface area contributed by atoms with E-state index in [1.165, 1.54) is 12.1 Å². The highest BCUT2D eigenvalue weighted by Gasteiger charge is 2.29. The van der Waals surface area contributed by atoms with Crippen molar-refractivity contribution in [3.8, 4) is 6.07 Å². The first kappa shape index (κ1) is 19.9. The zero-order chi connectivity index (χ0) is 19.1. The Morgan fingerprint density at radius 2 is 2.27 bits per heavy atom. The molecule has 0 saturated carbocycles. The third-order valence-corrected chi connectivity index (χ3v) is 4.47. The molecule has 1 heterocycles. The summed E-state index contributed by atoms with van der Waals surface area (Å²) < 4.78 is 10.3. The largest absolute Gasteiger partial charge is 0.464 e. The fraction of sp³-hybridized carbons (Fsp3) is 0.529. The van der Waals surface area contributed by atoms with Crippen molar-refractivity contribution in [3.05, 3.63) is 32.8 Å². The van der Waals surface area contributed by atoms with E-state index in [2.05, 4.69) is 0 Å². The Bertz CT molecular complexity index is 719. The van der Waals surface area contributed by atoms with Crippen molar-refractivity contribution in [2.45, 2.75) is 32.2 Å². The standard InChI is InChI=1S/C17H20ClN3O5/c1-2-26-17(22)11-25-10-13-5-3-4-6-20(13)15-8-14(18)12(9-19)7-16(15)21(23)24/h7-8,13H,2-6,10-11H2,1H3. The number of carbonyl (C=O) groups excluding carboxylic acids is 1. The Labute approximate surface area is 156 Å². The smallest absolute Gasteiger partial charge is 0.332 e. The van der Waals surface area contributed by atoms with Crippen LogP contribution in [0.5, 0.6) is 0 Å². The summed E-state index contributed by atoms with van der Waals surface area (Å²) in [5, 5.41) is 20.7. The van der Waals surface area contributed by atoms with Gasteiger partial charge in [0, 0.05) is 12.6 Å². The molecule has 0 spiro atoms. The van der Waals surface area contributed by atoms with E-state index in [4.69, 9.17) is 26.3 Å². The second kappa shape index (κ2) is 9.36. The topological polar surface area (TPSA) is 106 Å². The van der Waals surface area contributed by atoms with Crippen molar-refractivity contribution < 1.29 is 19.2 Å². The number of hydrogen-bond donors (Lipinski definition) is 0. The molecule has 2 rings (SSSR count). The van der Waals surface area contributed by atoms with Crippen LogP contribution in [0.25, 0.3) is 0 Å². The fourth-order valence-corrected chi connectivity index (χ4v) is 3.19. The summed E-state index contributed by atoms with van der Waals surface area (Å²) in [6, 6.07) is 4.39. The summed E-state index contributed by atoms with van der Waals surface area (Å²) in [5.41, 5.74) is 0.265. The Morgan fingerprint density at radius 3 is 2.92 bits per heavy atom. The van der Waals surface area contributed by atoms with E-state index in [-0.39, 0.29) is 42.1 Å². The molecule has 1 aliphatic rings. The number of hydrogen-bond acceptors (Lipinski definition) is 7. The van der Waals surface area contributed by atoms with E-state index in [1.807, 2.05) is 11.0 Å². The van der Waals surface area contributed by atoms with Gasteiger partial charge in [0.2, 0.25) is 0 Å². The van der Waals surface area contributed by atoms with Gasteiger partial charge in [-0.05, 0) is 32.3 Å². The number of carbonyl (C=O) groups is 1. The van der Waals surface area contributed by atoms with Crippen LogP contribution in [0.15, 0.2) is 12.1 Å². The zero-order valence-corrected chi connectivity index (χ0v) is 15.2. The number of anilines is 1. The lowest BCUT2D eigenvalue weighted by Gasteiger charge is -2.37. The Kier molecular flexibility index (Phi) is 7.18. The summed E-state index contributed by atoms with van der Waals surface area (Å²) in [4.78, 5) is 24.2. The first-order chi connectivity index (χ1) is 12.5. The highest BCUT2D eigenvalue weighted by Crippen LogP contribution is 2.37. The third kappa shape index (κ3) is 4.84. The molecular weight excluding hydrogens is 362 g/mol. The van der Waals surface area contributed by atoms with Gasteiger partial charge in [-0.15, -0.1) is 0 Å². The van der Waals surface area contributed by atoms with Crippen LogP contribution in [0.2, 0.25) is 5.02 Å². The predicted octanol–water partition coefficient (Wildman–Crippen LogP) is 3.06. The SMILES string of the molecule is CCOC(=O)COCC1CCCCN1c1cc(Cl)c(C#N)cc1[N+](=O)[O-]. The number of piperidine rings is 1. The van der Waals surface area contributed by atoms with Gasteiger partial charge in [0.1, 0.15) is 18.4 Å². The maximum absolute atomic E-state index is 11.5. The van der Waals surface area contributed by atoms with E-state index in [0.717, 1.165) is 19.3 Å². The van der Waals surface area contributed by atoms with E-state index in [1.54, 1.807) is 6.92 Å². The van der Waals surface area contributed by atoms with Crippen LogP contribution in [0, 0.1) is 21.4 Å². The molecule has 0 radical (unpaired) electrons. The molecule has 8 nitrogen and oxygen atoms in total. The van der Waals surface area contributed by atoms with Crippen LogP contribution in [-0.2, 0) is 14.3 Å². The summed E-state index contributed by atoms with van der Waals surface area (Å²) in [7, 11) is 0. The highest BCUT2D eigenvalue weighted by molar-refractivity contribution is 6.32. The Morgan fingerprint density at radius 1 is 1.50 bits per heavy atom. The molecule has 0 N–H and O–H groups in total. The summed E-state index contributed by atoms with van der Waals surface area (Å²) in [5.74, 6) is -0.442. The number of benzene rings is 1. The van der Waals surface area contributed by atoms with Crippen molar-refractivity contribution in [2.24, 2.45) is 0 Å². The first-order valence-corrected chi connectivity index (χ1v) is 8.73. The van der Waals surface area contributed by atoms with Gasteiger partial charge in [0.05, 0.1) is 34.8 Å². The molecule has 1 saturated heterocycles. The van der Waals surface area contributed by atoms with Gasteiger partial charge >= 0.3 is 5.97 Å². The predicted molar refractivity (Wildman–Crippen MR) is 95.3 cm³/mol. The second-order valence-electron chi connectivity index (χ2n) is 5.85. The highest BCUT2D eigenvalue weighted by atomic mass is 35.5. The number of esters is 1. The normalized spacial score (nSPS) is 16.8. The van der Waals surface area contributed by atoms with Gasteiger partial charge in [-0.3, -0.25) is 10.1 Å². The van der Waals surface area contributed by atoms with Gasteiger partial charge in [-0.25, -0.2) is 4.79 Å². The molecule has 26 heavy (non-hydrogen) atoms. The monoisotopic (exact) mass is 381 g/mol. The van der Waals surface area contributed by atoms with Crippen LogP contribution >= 0.6 is 11.6 Å². The van der Waals surface area contributed by atoms with Gasteiger partial charge in [-0.2, -0.15) is 5.26 Å². The Balaban J connectivity index is 2.21. The molecule has 1 aromatic rings. The molecule has 0 bridgehead atoms. The number of nitriles is 1. The minimum Gasteiger partial charge on any atom is -0.464 e. The molecule has 1 aromatic carbocycles. The number of nitro groups is 1. The van der Waals surface area contributed by atoms with Crippen LogP contribution in [0.1, 0.15) is 31.7 Å². The molecule has 1 fully saturated rings. The molecule has 9 heteroatoms. The average molecular weight is 382 g/mol. The summed E-state index contributed by atoms with van der Waals surface area (Å²) in [6.45, 7) is 2.70. The van der Waals surface area contributed by atoms with Gasteiger partial charge in [-0.1, -0.05) is 11.6 Å². The average Bonchev–Trinajstić information content (AvgIpc) is 2.62. The minimum absolute atomic E-state index is 0.0641. The molecule has 0 amide bonds. The molecule has 0 aromatic heterocycles. The molecule has 1 atom stereocenters. The van der Waals surface area contributed by atoms with Crippen molar-refractivity contribution in [2.75, 3.05) is 31.3 Å². The Hall–Kier alpha value is -2.37. The minimum atomic E-state index is -0.516. The van der Waals surface area contributed by atoms with Gasteiger partial charge in [0.25, 0.3) is 5.69 Å². The van der Waals surface area contributed by atoms with Crippen molar-refractivity contribution in [1.29, 1.82) is 5.26 Å². The van der Waals surface area contributed by atoms with Crippen LogP contribution < -0.4 is 4.90 Å². The maximum atomic E-state index is 11.5. The maximum Gasteiger partial charge on any atom is 0.332 e. The molecule has 1 aliphatic heterocycles. The number of nitrogens with zero attached hydrogens (tertiary/aromatic N) is 3. The van der Waals surface area contributed by atoms with E-state index in [0.29, 0.717) is 12.2 Å². The van der Waals surface area contributed by atoms with Crippen molar-refractivity contribution in [3.63, 3.8) is 0 Å². The number of nitro benzene ring substituents is 1.